The molecule has 0 saturated heterocycles. The molecule has 0 fully saturated rings. The molecule has 0 radical (unpaired) electrons. The highest BCUT2D eigenvalue weighted by Gasteiger charge is 2.08. The first-order valence-electron chi connectivity index (χ1n) is 9.35. The second-order valence-corrected chi connectivity index (χ2v) is 8.25. The Labute approximate surface area is 160 Å². The second-order valence-electron chi connectivity index (χ2n) is 7.16. The number of imidazole rings is 1. The summed E-state index contributed by atoms with van der Waals surface area (Å²) in [6.45, 7) is 9.41. The van der Waals surface area contributed by atoms with Gasteiger partial charge in [-0.3, -0.25) is 0 Å². The Bertz CT molecular complexity index is 870. The fraction of sp³-hybridized carbons (Fsp3) is 0.409. The van der Waals surface area contributed by atoms with Gasteiger partial charge in [0.15, 0.2) is 5.16 Å². The van der Waals surface area contributed by atoms with Crippen molar-refractivity contribution in [3.8, 4) is 5.75 Å². The van der Waals surface area contributed by atoms with Gasteiger partial charge >= 0.3 is 0 Å². The Balaban J connectivity index is 1.44. The highest BCUT2D eigenvalue weighted by Crippen LogP contribution is 2.28. The molecule has 0 unspecified atom stereocenters. The van der Waals surface area contributed by atoms with E-state index in [0.29, 0.717) is 5.92 Å². The van der Waals surface area contributed by atoms with Crippen LogP contribution in [0.25, 0.3) is 11.0 Å². The van der Waals surface area contributed by atoms with E-state index >= 15 is 0 Å². The third-order valence-electron chi connectivity index (χ3n) is 4.44. The minimum atomic E-state index is 0.484. The number of aryl methyl sites for hydroxylation is 2. The molecule has 0 aliphatic heterocycles. The highest BCUT2D eigenvalue weighted by atomic mass is 32.2. The number of H-pyrrole nitrogens is 1. The van der Waals surface area contributed by atoms with Gasteiger partial charge in [0.25, 0.3) is 0 Å². The van der Waals surface area contributed by atoms with Crippen molar-refractivity contribution in [2.24, 2.45) is 0 Å². The smallest absolute Gasteiger partial charge is 0.166 e. The van der Waals surface area contributed by atoms with Crippen LogP contribution in [0.1, 0.15) is 49.3 Å². The quantitative estimate of drug-likeness (QED) is 0.377. The summed E-state index contributed by atoms with van der Waals surface area (Å²) >= 11 is 1.79. The Morgan fingerprint density at radius 2 is 1.81 bits per heavy atom. The van der Waals surface area contributed by atoms with E-state index in [0.717, 1.165) is 47.1 Å². The van der Waals surface area contributed by atoms with Crippen LogP contribution in [0.15, 0.2) is 41.6 Å². The van der Waals surface area contributed by atoms with Crippen molar-refractivity contribution < 1.29 is 4.74 Å². The van der Waals surface area contributed by atoms with Crippen LogP contribution in [0.5, 0.6) is 5.75 Å². The zero-order valence-corrected chi connectivity index (χ0v) is 17.0. The third kappa shape index (κ3) is 4.82. The standard InChI is InChI=1S/C22H28N2OS/c1-15(2)18-9-7-17(4)14-21(18)25-11-5-6-12-26-22-23-19-10-8-16(3)13-20(19)24-22/h7-10,13-15H,5-6,11-12H2,1-4H3,(H,23,24). The molecule has 3 rings (SSSR count). The molecule has 0 saturated carbocycles. The number of hydrogen-bond donors (Lipinski definition) is 1. The van der Waals surface area contributed by atoms with Gasteiger partial charge in [0.05, 0.1) is 17.6 Å². The molecule has 4 heteroatoms. The highest BCUT2D eigenvalue weighted by molar-refractivity contribution is 7.99. The Hall–Kier alpha value is -1.94. The molecule has 3 nitrogen and oxygen atoms in total. The lowest BCUT2D eigenvalue weighted by Gasteiger charge is -2.14. The maximum atomic E-state index is 6.06. The number of rotatable bonds is 8. The first-order valence-corrected chi connectivity index (χ1v) is 10.3. The maximum Gasteiger partial charge on any atom is 0.166 e. The van der Waals surface area contributed by atoms with Crippen LogP contribution >= 0.6 is 11.8 Å². The molecule has 26 heavy (non-hydrogen) atoms. The molecule has 3 aromatic rings. The second kappa shape index (κ2) is 8.63. The predicted molar refractivity (Wildman–Crippen MR) is 112 cm³/mol. The zero-order valence-electron chi connectivity index (χ0n) is 16.1. The summed E-state index contributed by atoms with van der Waals surface area (Å²) in [6.07, 6.45) is 2.17. The van der Waals surface area contributed by atoms with E-state index in [9.17, 15) is 0 Å². The minimum Gasteiger partial charge on any atom is -0.493 e. The number of ether oxygens (including phenoxy) is 1. The van der Waals surface area contributed by atoms with E-state index in [2.05, 4.69) is 74.1 Å². The molecule has 0 bridgehead atoms. The molecule has 1 N–H and O–H groups in total. The Morgan fingerprint density at radius 3 is 2.62 bits per heavy atom. The zero-order chi connectivity index (χ0) is 18.5. The number of aromatic amines is 1. The SMILES string of the molecule is Cc1ccc(C(C)C)c(OCCCCSc2nc3ccc(C)cc3[nH]2)c1. The van der Waals surface area contributed by atoms with Gasteiger partial charge in [-0.1, -0.05) is 43.8 Å². The summed E-state index contributed by atoms with van der Waals surface area (Å²) < 4.78 is 6.06. The topological polar surface area (TPSA) is 37.9 Å². The predicted octanol–water partition coefficient (Wildman–Crippen LogP) is 6.25. The van der Waals surface area contributed by atoms with Crippen molar-refractivity contribution in [3.05, 3.63) is 53.1 Å². The van der Waals surface area contributed by atoms with Gasteiger partial charge in [0, 0.05) is 5.75 Å². The summed E-state index contributed by atoms with van der Waals surface area (Å²) in [5.74, 6) is 2.57. The van der Waals surface area contributed by atoms with Crippen LogP contribution in [-0.2, 0) is 0 Å². The number of hydrogen-bond acceptors (Lipinski definition) is 3. The Kier molecular flexibility index (Phi) is 6.25. The number of nitrogens with one attached hydrogen (secondary N) is 1. The maximum absolute atomic E-state index is 6.06. The summed E-state index contributed by atoms with van der Waals surface area (Å²) in [4.78, 5) is 8.04. The number of nitrogens with zero attached hydrogens (tertiary/aromatic N) is 1. The number of benzene rings is 2. The van der Waals surface area contributed by atoms with Crippen LogP contribution in [0.3, 0.4) is 0 Å². The van der Waals surface area contributed by atoms with Crippen molar-refractivity contribution in [3.63, 3.8) is 0 Å². The van der Waals surface area contributed by atoms with Gasteiger partial charge in [0.1, 0.15) is 5.75 Å². The first-order chi connectivity index (χ1) is 12.5. The summed E-state index contributed by atoms with van der Waals surface area (Å²) in [6, 6.07) is 12.8. The fourth-order valence-corrected chi connectivity index (χ4v) is 3.85. The van der Waals surface area contributed by atoms with Gasteiger partial charge < -0.3 is 9.72 Å². The van der Waals surface area contributed by atoms with Crippen LogP contribution in [0, 0.1) is 13.8 Å². The van der Waals surface area contributed by atoms with E-state index in [4.69, 9.17) is 4.74 Å². The fourth-order valence-electron chi connectivity index (χ4n) is 2.97. The van der Waals surface area contributed by atoms with Crippen molar-refractivity contribution >= 4 is 22.8 Å². The molecule has 1 heterocycles. The van der Waals surface area contributed by atoms with E-state index in [1.165, 1.54) is 16.7 Å². The van der Waals surface area contributed by atoms with Crippen LogP contribution in [-0.4, -0.2) is 22.3 Å². The Morgan fingerprint density at radius 1 is 1.04 bits per heavy atom. The van der Waals surface area contributed by atoms with Crippen molar-refractivity contribution in [2.45, 2.75) is 51.6 Å². The van der Waals surface area contributed by atoms with Crippen LogP contribution in [0.2, 0.25) is 0 Å². The van der Waals surface area contributed by atoms with Crippen LogP contribution in [0.4, 0.5) is 0 Å². The van der Waals surface area contributed by atoms with Gasteiger partial charge in [-0.2, -0.15) is 0 Å². The average Bonchev–Trinajstić information content (AvgIpc) is 2.99. The molecule has 0 aliphatic carbocycles. The van der Waals surface area contributed by atoms with Gasteiger partial charge in [-0.15, -0.1) is 0 Å². The van der Waals surface area contributed by atoms with E-state index in [-0.39, 0.29) is 0 Å². The lowest BCUT2D eigenvalue weighted by atomic mass is 10.0. The average molecular weight is 369 g/mol. The molecule has 1 aromatic heterocycles. The summed E-state index contributed by atoms with van der Waals surface area (Å²) in [7, 11) is 0. The van der Waals surface area contributed by atoms with Crippen molar-refractivity contribution in [1.82, 2.24) is 9.97 Å². The number of thioether (sulfide) groups is 1. The van der Waals surface area contributed by atoms with Crippen LogP contribution < -0.4 is 4.74 Å². The number of aromatic nitrogens is 2. The number of fused-ring (bicyclic) bond motifs is 1. The lowest BCUT2D eigenvalue weighted by molar-refractivity contribution is 0.305. The van der Waals surface area contributed by atoms with Crippen molar-refractivity contribution in [2.75, 3.05) is 12.4 Å². The molecule has 0 spiro atoms. The van der Waals surface area contributed by atoms with Crippen molar-refractivity contribution in [1.29, 1.82) is 0 Å². The molecule has 0 aliphatic rings. The van der Waals surface area contributed by atoms with E-state index in [1.54, 1.807) is 11.8 Å². The normalized spacial score (nSPS) is 11.4. The number of unbranched alkanes of at least 4 members (excludes halogenated alkanes) is 1. The molecular weight excluding hydrogens is 340 g/mol. The summed E-state index contributed by atoms with van der Waals surface area (Å²) in [5.41, 5.74) is 5.97. The summed E-state index contributed by atoms with van der Waals surface area (Å²) in [5, 5.41) is 1.01. The molecule has 138 valence electrons. The third-order valence-corrected chi connectivity index (χ3v) is 5.40. The molecule has 0 amide bonds. The molecule has 0 atom stereocenters. The minimum absolute atomic E-state index is 0.484. The lowest BCUT2D eigenvalue weighted by Crippen LogP contribution is -2.02. The molecular formula is C22H28N2OS. The van der Waals surface area contributed by atoms with E-state index < -0.39 is 0 Å². The van der Waals surface area contributed by atoms with E-state index in [1.807, 2.05) is 0 Å². The molecule has 2 aromatic carbocycles. The monoisotopic (exact) mass is 368 g/mol. The first kappa shape index (κ1) is 18.8. The van der Waals surface area contributed by atoms with Gasteiger partial charge in [-0.25, -0.2) is 4.98 Å². The van der Waals surface area contributed by atoms with Gasteiger partial charge in [-0.05, 0) is 67.5 Å². The van der Waals surface area contributed by atoms with Gasteiger partial charge in [0.2, 0.25) is 0 Å². The largest absolute Gasteiger partial charge is 0.493 e.